The van der Waals surface area contributed by atoms with Crippen LogP contribution in [-0.4, -0.2) is 36.8 Å². The third kappa shape index (κ3) is 6.76. The molecule has 0 unspecified atom stereocenters. The summed E-state index contributed by atoms with van der Waals surface area (Å²) >= 11 is 0. The van der Waals surface area contributed by atoms with Gasteiger partial charge in [-0.05, 0) is 36.4 Å². The molecule has 0 radical (unpaired) electrons. The van der Waals surface area contributed by atoms with Gasteiger partial charge in [0.1, 0.15) is 6.54 Å². The van der Waals surface area contributed by atoms with Crippen molar-refractivity contribution in [1.82, 2.24) is 10.6 Å². The first-order valence-electron chi connectivity index (χ1n) is 8.17. The van der Waals surface area contributed by atoms with Gasteiger partial charge in [0.05, 0.1) is 5.56 Å². The Balaban J connectivity index is 1.74. The first kappa shape index (κ1) is 21.6. The molecule has 0 aliphatic rings. The van der Waals surface area contributed by atoms with Crippen molar-refractivity contribution in [2.45, 2.75) is 6.18 Å². The highest BCUT2D eigenvalue weighted by molar-refractivity contribution is 6.05. The second-order valence-corrected chi connectivity index (χ2v) is 5.66. The first-order valence-corrected chi connectivity index (χ1v) is 8.17. The maximum absolute atomic E-state index is 12.5. The van der Waals surface area contributed by atoms with Gasteiger partial charge in [0.25, 0.3) is 17.7 Å². The quantitative estimate of drug-likeness (QED) is 0.712. The largest absolute Gasteiger partial charge is 0.454 e. The number of carbonyl (C=O) groups excluding carboxylic acids is 4. The third-order valence-corrected chi connectivity index (χ3v) is 3.52. The van der Waals surface area contributed by atoms with Crippen LogP contribution in [0.5, 0.6) is 0 Å². The lowest BCUT2D eigenvalue weighted by Gasteiger charge is -2.09. The fraction of sp³-hybridized carbons (Fsp3) is 0.158. The predicted molar refractivity (Wildman–Crippen MR) is 93.7 cm³/mol. The van der Waals surface area contributed by atoms with Gasteiger partial charge in [0, 0.05) is 11.1 Å². The molecule has 0 saturated carbocycles. The van der Waals surface area contributed by atoms with E-state index in [1.54, 1.807) is 18.2 Å². The van der Waals surface area contributed by atoms with Crippen LogP contribution in [0.1, 0.15) is 26.3 Å². The minimum atomic E-state index is -4.53. The smallest absolute Gasteiger partial charge is 0.416 e. The van der Waals surface area contributed by atoms with Crippen molar-refractivity contribution < 1.29 is 37.1 Å². The SMILES string of the molecule is O=C(COC(=O)CNC(=O)c1ccc(C(F)(F)F)cc1)NC(=O)c1ccccc1. The molecular formula is C19H15F3N2O5. The predicted octanol–water partition coefficient (Wildman–Crippen LogP) is 1.94. The van der Waals surface area contributed by atoms with Crippen molar-refractivity contribution in [3.05, 3.63) is 71.3 Å². The summed E-state index contributed by atoms with van der Waals surface area (Å²) in [5.74, 6) is -3.28. The van der Waals surface area contributed by atoms with Crippen LogP contribution in [0.15, 0.2) is 54.6 Å². The first-order chi connectivity index (χ1) is 13.7. The summed E-state index contributed by atoms with van der Waals surface area (Å²) in [4.78, 5) is 46.8. The number of hydrogen-bond donors (Lipinski definition) is 2. The molecule has 0 aliphatic heterocycles. The fourth-order valence-corrected chi connectivity index (χ4v) is 2.09. The topological polar surface area (TPSA) is 102 Å². The van der Waals surface area contributed by atoms with E-state index in [2.05, 4.69) is 10.1 Å². The van der Waals surface area contributed by atoms with Gasteiger partial charge in [0.15, 0.2) is 6.61 Å². The van der Waals surface area contributed by atoms with Crippen LogP contribution >= 0.6 is 0 Å². The molecule has 0 atom stereocenters. The Hall–Kier alpha value is -3.69. The average molecular weight is 408 g/mol. The number of halogens is 3. The van der Waals surface area contributed by atoms with Gasteiger partial charge in [-0.25, -0.2) is 0 Å². The Morgan fingerprint density at radius 1 is 0.828 bits per heavy atom. The number of carbonyl (C=O) groups is 4. The van der Waals surface area contributed by atoms with Crippen molar-refractivity contribution in [1.29, 1.82) is 0 Å². The van der Waals surface area contributed by atoms with E-state index >= 15 is 0 Å². The molecular weight excluding hydrogens is 393 g/mol. The van der Waals surface area contributed by atoms with E-state index in [-0.39, 0.29) is 11.1 Å². The van der Waals surface area contributed by atoms with Crippen molar-refractivity contribution in [2.24, 2.45) is 0 Å². The van der Waals surface area contributed by atoms with Gasteiger partial charge in [-0.1, -0.05) is 18.2 Å². The number of rotatable bonds is 6. The maximum Gasteiger partial charge on any atom is 0.416 e. The van der Waals surface area contributed by atoms with Gasteiger partial charge in [-0.2, -0.15) is 13.2 Å². The van der Waals surface area contributed by atoms with E-state index in [0.717, 1.165) is 24.3 Å². The number of nitrogens with one attached hydrogen (secondary N) is 2. The molecule has 0 bridgehead atoms. The van der Waals surface area contributed by atoms with Crippen LogP contribution in [0.3, 0.4) is 0 Å². The lowest BCUT2D eigenvalue weighted by Crippen LogP contribution is -2.36. The summed E-state index contributed by atoms with van der Waals surface area (Å²) in [5, 5.41) is 4.18. The molecule has 0 aromatic heterocycles. The second-order valence-electron chi connectivity index (χ2n) is 5.66. The van der Waals surface area contributed by atoms with E-state index < -0.39 is 48.6 Å². The van der Waals surface area contributed by atoms with Crippen LogP contribution < -0.4 is 10.6 Å². The zero-order chi connectivity index (χ0) is 21.4. The zero-order valence-corrected chi connectivity index (χ0v) is 14.8. The Bertz CT molecular complexity index is 896. The van der Waals surface area contributed by atoms with Crippen LogP contribution in [-0.2, 0) is 20.5 Å². The van der Waals surface area contributed by atoms with Gasteiger partial charge >= 0.3 is 12.1 Å². The second kappa shape index (κ2) is 9.49. The number of hydrogen-bond acceptors (Lipinski definition) is 5. The Labute approximate surface area is 162 Å². The summed E-state index contributed by atoms with van der Waals surface area (Å²) < 4.78 is 42.1. The molecule has 2 aromatic rings. The highest BCUT2D eigenvalue weighted by Gasteiger charge is 2.30. The van der Waals surface area contributed by atoms with Gasteiger partial charge in [-0.3, -0.25) is 24.5 Å². The van der Waals surface area contributed by atoms with E-state index in [1.807, 2.05) is 5.32 Å². The monoisotopic (exact) mass is 408 g/mol. The Morgan fingerprint density at radius 2 is 1.41 bits per heavy atom. The highest BCUT2D eigenvalue weighted by atomic mass is 19.4. The Morgan fingerprint density at radius 3 is 2.00 bits per heavy atom. The normalized spacial score (nSPS) is 10.7. The third-order valence-electron chi connectivity index (χ3n) is 3.52. The molecule has 2 rings (SSSR count). The molecule has 2 aromatic carbocycles. The molecule has 29 heavy (non-hydrogen) atoms. The number of imide groups is 1. The van der Waals surface area contributed by atoms with Crippen LogP contribution in [0, 0.1) is 0 Å². The minimum absolute atomic E-state index is 0.0861. The summed E-state index contributed by atoms with van der Waals surface area (Å²) in [7, 11) is 0. The lowest BCUT2D eigenvalue weighted by atomic mass is 10.1. The standard InChI is InChI=1S/C19H15F3N2O5/c20-19(21,22)14-8-6-13(7-9-14)17(27)23-10-16(26)29-11-15(25)24-18(28)12-4-2-1-3-5-12/h1-9H,10-11H2,(H,23,27)(H,24,25,28). The number of amides is 3. The molecule has 0 fully saturated rings. The van der Waals surface area contributed by atoms with Crippen LogP contribution in [0.25, 0.3) is 0 Å². The summed E-state index contributed by atoms with van der Waals surface area (Å²) in [6.45, 7) is -1.35. The lowest BCUT2D eigenvalue weighted by molar-refractivity contribution is -0.147. The molecule has 0 saturated heterocycles. The number of ether oxygens (including phenoxy) is 1. The minimum Gasteiger partial charge on any atom is -0.454 e. The summed E-state index contributed by atoms with van der Waals surface area (Å²) in [6, 6.07) is 11.3. The average Bonchev–Trinajstić information content (AvgIpc) is 2.70. The Kier molecular flexibility index (Phi) is 7.07. The van der Waals surface area contributed by atoms with Crippen LogP contribution in [0.2, 0.25) is 0 Å². The van der Waals surface area contributed by atoms with E-state index in [1.165, 1.54) is 12.1 Å². The van der Waals surface area contributed by atoms with E-state index in [9.17, 15) is 32.3 Å². The van der Waals surface area contributed by atoms with Crippen molar-refractivity contribution in [2.75, 3.05) is 13.2 Å². The zero-order valence-electron chi connectivity index (χ0n) is 14.8. The van der Waals surface area contributed by atoms with Crippen molar-refractivity contribution in [3.8, 4) is 0 Å². The van der Waals surface area contributed by atoms with E-state index in [4.69, 9.17) is 0 Å². The molecule has 0 heterocycles. The summed E-state index contributed by atoms with van der Waals surface area (Å²) in [5.41, 5.74) is -0.752. The van der Waals surface area contributed by atoms with Gasteiger partial charge < -0.3 is 10.1 Å². The maximum atomic E-state index is 12.5. The van der Waals surface area contributed by atoms with Crippen molar-refractivity contribution >= 4 is 23.7 Å². The van der Waals surface area contributed by atoms with Gasteiger partial charge in [-0.15, -0.1) is 0 Å². The molecule has 7 nitrogen and oxygen atoms in total. The summed E-state index contributed by atoms with van der Waals surface area (Å²) in [6.07, 6.45) is -4.53. The number of alkyl halides is 3. The molecule has 0 aliphatic carbocycles. The molecule has 2 N–H and O–H groups in total. The fourth-order valence-electron chi connectivity index (χ4n) is 2.09. The van der Waals surface area contributed by atoms with E-state index in [0.29, 0.717) is 0 Å². The van der Waals surface area contributed by atoms with Crippen molar-refractivity contribution in [3.63, 3.8) is 0 Å². The van der Waals surface area contributed by atoms with Crippen LogP contribution in [0.4, 0.5) is 13.2 Å². The molecule has 152 valence electrons. The highest BCUT2D eigenvalue weighted by Crippen LogP contribution is 2.29. The molecule has 3 amide bonds. The van der Waals surface area contributed by atoms with Gasteiger partial charge in [0.2, 0.25) is 0 Å². The molecule has 10 heteroatoms. The number of esters is 1. The molecule has 0 spiro atoms. The number of benzene rings is 2.